The molecule has 2 aromatic carbocycles. The van der Waals surface area contributed by atoms with Gasteiger partial charge >= 0.3 is 8.60 Å². The van der Waals surface area contributed by atoms with Crippen LogP contribution in [0, 0.1) is 0 Å². The van der Waals surface area contributed by atoms with Gasteiger partial charge in [0.1, 0.15) is 11.5 Å². The SMILES string of the molecule is CCCC(C)c1cccc(OP(O)Oc2cccc(C(C)CCC)c2)c1. The molecule has 0 fully saturated rings. The van der Waals surface area contributed by atoms with E-state index in [2.05, 4.69) is 39.8 Å². The van der Waals surface area contributed by atoms with E-state index < -0.39 is 8.60 Å². The molecule has 0 aliphatic carbocycles. The summed E-state index contributed by atoms with van der Waals surface area (Å²) in [6.45, 7) is 8.80. The quantitative estimate of drug-likeness (QED) is 0.448. The first-order valence-electron chi connectivity index (χ1n) is 9.58. The Hall–Kier alpha value is -1.57. The first-order chi connectivity index (χ1) is 12.5. The minimum absolute atomic E-state index is 0.478. The van der Waals surface area contributed by atoms with Crippen molar-refractivity contribution in [3.8, 4) is 11.5 Å². The second-order valence-electron chi connectivity index (χ2n) is 6.94. The van der Waals surface area contributed by atoms with Gasteiger partial charge in [-0.25, -0.2) is 0 Å². The molecule has 3 nitrogen and oxygen atoms in total. The van der Waals surface area contributed by atoms with Crippen LogP contribution in [-0.4, -0.2) is 4.89 Å². The van der Waals surface area contributed by atoms with Crippen molar-refractivity contribution in [2.45, 2.75) is 65.2 Å². The summed E-state index contributed by atoms with van der Waals surface area (Å²) in [5.74, 6) is 2.25. The Bertz CT molecular complexity index is 616. The highest BCUT2D eigenvalue weighted by molar-refractivity contribution is 7.41. The van der Waals surface area contributed by atoms with Crippen LogP contribution < -0.4 is 9.05 Å². The summed E-state index contributed by atoms with van der Waals surface area (Å²) in [7, 11) is -2.01. The van der Waals surface area contributed by atoms with Crippen LogP contribution in [0.15, 0.2) is 48.5 Å². The lowest BCUT2D eigenvalue weighted by Crippen LogP contribution is -1.98. The van der Waals surface area contributed by atoms with E-state index in [1.165, 1.54) is 11.1 Å². The van der Waals surface area contributed by atoms with Crippen LogP contribution in [0.4, 0.5) is 0 Å². The zero-order chi connectivity index (χ0) is 18.9. The van der Waals surface area contributed by atoms with Crippen LogP contribution in [0.5, 0.6) is 11.5 Å². The van der Waals surface area contributed by atoms with E-state index in [0.29, 0.717) is 23.3 Å². The molecule has 0 saturated carbocycles. The molecule has 2 rings (SSSR count). The molecule has 2 aromatic rings. The molecule has 0 aliphatic rings. The zero-order valence-electron chi connectivity index (χ0n) is 16.3. The van der Waals surface area contributed by atoms with E-state index in [9.17, 15) is 4.89 Å². The first kappa shape index (κ1) is 20.7. The van der Waals surface area contributed by atoms with Gasteiger partial charge in [0.25, 0.3) is 0 Å². The molecule has 2 unspecified atom stereocenters. The van der Waals surface area contributed by atoms with Gasteiger partial charge in [0.2, 0.25) is 0 Å². The van der Waals surface area contributed by atoms with Gasteiger partial charge < -0.3 is 13.9 Å². The van der Waals surface area contributed by atoms with Crippen molar-refractivity contribution in [2.24, 2.45) is 0 Å². The van der Waals surface area contributed by atoms with Crippen LogP contribution in [0.2, 0.25) is 0 Å². The van der Waals surface area contributed by atoms with Gasteiger partial charge in [-0.05, 0) is 60.1 Å². The van der Waals surface area contributed by atoms with E-state index >= 15 is 0 Å². The number of hydrogen-bond acceptors (Lipinski definition) is 3. The minimum atomic E-state index is -2.01. The van der Waals surface area contributed by atoms with Crippen LogP contribution in [0.1, 0.15) is 76.3 Å². The topological polar surface area (TPSA) is 38.7 Å². The van der Waals surface area contributed by atoms with E-state index in [1.54, 1.807) is 0 Å². The maximum Gasteiger partial charge on any atom is 0.460 e. The lowest BCUT2D eigenvalue weighted by Gasteiger charge is -2.16. The Morgan fingerprint density at radius 3 is 1.62 bits per heavy atom. The van der Waals surface area contributed by atoms with Crippen LogP contribution in [0.25, 0.3) is 0 Å². The Morgan fingerprint density at radius 2 is 1.23 bits per heavy atom. The highest BCUT2D eigenvalue weighted by Gasteiger charge is 2.14. The van der Waals surface area contributed by atoms with Gasteiger partial charge in [-0.1, -0.05) is 64.8 Å². The van der Waals surface area contributed by atoms with E-state index in [-0.39, 0.29) is 0 Å². The molecule has 0 aliphatic heterocycles. The molecular weight excluding hydrogens is 343 g/mol. The number of benzene rings is 2. The van der Waals surface area contributed by atoms with Gasteiger partial charge in [0.15, 0.2) is 0 Å². The molecule has 0 aromatic heterocycles. The van der Waals surface area contributed by atoms with Gasteiger partial charge in [-0.3, -0.25) is 0 Å². The summed E-state index contributed by atoms with van der Waals surface area (Å²) in [6.07, 6.45) is 4.57. The fourth-order valence-corrected chi connectivity index (χ4v) is 3.78. The molecule has 0 saturated heterocycles. The highest BCUT2D eigenvalue weighted by Crippen LogP contribution is 2.38. The molecule has 2 atom stereocenters. The molecule has 1 N–H and O–H groups in total. The smallest absolute Gasteiger partial charge is 0.418 e. The molecule has 0 amide bonds. The van der Waals surface area contributed by atoms with Gasteiger partial charge in [0, 0.05) is 0 Å². The third kappa shape index (κ3) is 6.30. The third-order valence-electron chi connectivity index (χ3n) is 4.66. The first-order valence-corrected chi connectivity index (χ1v) is 10.7. The normalized spacial score (nSPS) is 14.5. The summed E-state index contributed by atoms with van der Waals surface area (Å²) < 4.78 is 11.3. The van der Waals surface area contributed by atoms with Crippen molar-refractivity contribution in [2.75, 3.05) is 0 Å². The van der Waals surface area contributed by atoms with Gasteiger partial charge in [0.05, 0.1) is 0 Å². The molecule has 26 heavy (non-hydrogen) atoms. The minimum Gasteiger partial charge on any atom is -0.418 e. The Kier molecular flexibility index (Phi) is 8.41. The second-order valence-corrected chi connectivity index (χ2v) is 7.79. The fourth-order valence-electron chi connectivity index (χ4n) is 3.15. The summed E-state index contributed by atoms with van der Waals surface area (Å²) in [5.41, 5.74) is 2.45. The summed E-state index contributed by atoms with van der Waals surface area (Å²) in [6, 6.07) is 15.8. The van der Waals surface area contributed by atoms with Crippen molar-refractivity contribution in [3.63, 3.8) is 0 Å². The molecule has 0 spiro atoms. The van der Waals surface area contributed by atoms with E-state index in [0.717, 1.165) is 25.7 Å². The largest absolute Gasteiger partial charge is 0.460 e. The van der Waals surface area contributed by atoms with Crippen molar-refractivity contribution in [3.05, 3.63) is 59.7 Å². The molecule has 0 heterocycles. The van der Waals surface area contributed by atoms with E-state index in [1.807, 2.05) is 36.4 Å². The summed E-state index contributed by atoms with van der Waals surface area (Å²) in [5, 5.41) is 0. The number of rotatable bonds is 10. The zero-order valence-corrected chi connectivity index (χ0v) is 17.2. The predicted octanol–water partition coefficient (Wildman–Crippen LogP) is 7.17. The molecule has 142 valence electrons. The lowest BCUT2D eigenvalue weighted by molar-refractivity contribution is 0.381. The van der Waals surface area contributed by atoms with E-state index in [4.69, 9.17) is 9.05 Å². The second kappa shape index (κ2) is 10.5. The highest BCUT2D eigenvalue weighted by atomic mass is 31.2. The standard InChI is InChI=1S/C22H31O3P/c1-5-9-17(3)19-11-7-13-21(15-19)24-26(23)25-22-14-8-12-20(16-22)18(4)10-6-2/h7-8,11-18,23H,5-6,9-10H2,1-4H3. The summed E-state index contributed by atoms with van der Waals surface area (Å²) in [4.78, 5) is 10.2. The van der Waals surface area contributed by atoms with Crippen molar-refractivity contribution in [1.82, 2.24) is 0 Å². The predicted molar refractivity (Wildman–Crippen MR) is 110 cm³/mol. The van der Waals surface area contributed by atoms with Gasteiger partial charge in [-0.2, -0.15) is 0 Å². The molecular formula is C22H31O3P. The Balaban J connectivity index is 1.99. The van der Waals surface area contributed by atoms with Gasteiger partial charge in [-0.15, -0.1) is 0 Å². The van der Waals surface area contributed by atoms with Crippen LogP contribution >= 0.6 is 8.60 Å². The molecule has 4 heteroatoms. The van der Waals surface area contributed by atoms with Crippen LogP contribution in [0.3, 0.4) is 0 Å². The van der Waals surface area contributed by atoms with Crippen molar-refractivity contribution in [1.29, 1.82) is 0 Å². The molecule has 0 bridgehead atoms. The summed E-state index contributed by atoms with van der Waals surface area (Å²) >= 11 is 0. The Labute approximate surface area is 159 Å². The maximum absolute atomic E-state index is 10.2. The average molecular weight is 374 g/mol. The lowest BCUT2D eigenvalue weighted by atomic mass is 9.96. The Morgan fingerprint density at radius 1 is 0.808 bits per heavy atom. The maximum atomic E-state index is 10.2. The molecule has 0 radical (unpaired) electrons. The average Bonchev–Trinajstić information content (AvgIpc) is 2.62. The fraction of sp³-hybridized carbons (Fsp3) is 0.455. The van der Waals surface area contributed by atoms with Crippen LogP contribution in [-0.2, 0) is 0 Å². The monoisotopic (exact) mass is 374 g/mol. The number of hydrogen-bond donors (Lipinski definition) is 1. The third-order valence-corrected chi connectivity index (χ3v) is 5.40. The van der Waals surface area contributed by atoms with Crippen molar-refractivity contribution < 1.29 is 13.9 Å². The van der Waals surface area contributed by atoms with Crippen molar-refractivity contribution >= 4 is 8.60 Å².